The van der Waals surface area contributed by atoms with Crippen molar-refractivity contribution >= 4 is 39.2 Å². The van der Waals surface area contributed by atoms with E-state index in [9.17, 15) is 8.42 Å². The predicted octanol–water partition coefficient (Wildman–Crippen LogP) is 2.64. The molecule has 0 bridgehead atoms. The molecule has 1 aliphatic heterocycles. The monoisotopic (exact) mass is 346 g/mol. The van der Waals surface area contributed by atoms with Crippen LogP contribution < -0.4 is 10.0 Å². The van der Waals surface area contributed by atoms with E-state index in [1.807, 2.05) is 42.6 Å². The Morgan fingerprint density at radius 3 is 2.81 bits per heavy atom. The minimum Gasteiger partial charge on any atom is -0.383 e. The smallest absolute Gasteiger partial charge is 0.242 e. The molecule has 1 unspecified atom stereocenters. The zero-order chi connectivity index (χ0) is 15.1. The molecule has 0 amide bonds. The summed E-state index contributed by atoms with van der Waals surface area (Å²) in [6, 6.07) is 7.12. The van der Waals surface area contributed by atoms with Crippen molar-refractivity contribution in [2.45, 2.75) is 23.5 Å². The first-order chi connectivity index (χ1) is 10.1. The molecule has 2 rings (SSSR count). The molecule has 1 aromatic rings. The largest absolute Gasteiger partial charge is 0.383 e. The Balaban J connectivity index is 2.05. The Labute approximate surface area is 135 Å². The fourth-order valence-corrected chi connectivity index (χ4v) is 5.97. The van der Waals surface area contributed by atoms with Crippen LogP contribution in [0.3, 0.4) is 0 Å². The van der Waals surface area contributed by atoms with Crippen LogP contribution in [0, 0.1) is 0 Å². The van der Waals surface area contributed by atoms with Crippen molar-refractivity contribution in [2.75, 3.05) is 35.7 Å². The van der Waals surface area contributed by atoms with Crippen LogP contribution in [0.2, 0.25) is 0 Å². The van der Waals surface area contributed by atoms with Crippen LogP contribution in [-0.2, 0) is 10.0 Å². The summed E-state index contributed by atoms with van der Waals surface area (Å²) in [7, 11) is -3.43. The molecule has 0 spiro atoms. The molecule has 0 saturated carbocycles. The molecule has 7 heteroatoms. The lowest BCUT2D eigenvalue weighted by molar-refractivity contribution is 0.581. The molecular formula is C14H22N2O2S3. The van der Waals surface area contributed by atoms with Gasteiger partial charge in [-0.1, -0.05) is 19.1 Å². The van der Waals surface area contributed by atoms with Crippen molar-refractivity contribution in [3.63, 3.8) is 0 Å². The normalized spacial score (nSPS) is 19.4. The van der Waals surface area contributed by atoms with E-state index in [0.29, 0.717) is 22.4 Å². The van der Waals surface area contributed by atoms with Gasteiger partial charge in [-0.25, -0.2) is 13.1 Å². The molecule has 1 atom stereocenters. The number of thioether (sulfide) groups is 2. The second-order valence-electron chi connectivity index (χ2n) is 4.84. The van der Waals surface area contributed by atoms with Crippen molar-refractivity contribution in [1.82, 2.24) is 4.72 Å². The van der Waals surface area contributed by atoms with Gasteiger partial charge in [0, 0.05) is 35.6 Å². The summed E-state index contributed by atoms with van der Waals surface area (Å²) in [6.45, 7) is 3.22. The maximum Gasteiger partial charge on any atom is 0.242 e. The highest BCUT2D eigenvalue weighted by atomic mass is 32.2. The van der Waals surface area contributed by atoms with E-state index in [2.05, 4.69) is 10.0 Å². The molecular weight excluding hydrogens is 324 g/mol. The highest BCUT2D eigenvalue weighted by molar-refractivity contribution is 8.06. The summed E-state index contributed by atoms with van der Waals surface area (Å²) < 4.78 is 27.2. The fourth-order valence-electron chi connectivity index (χ4n) is 2.04. The Bertz CT molecular complexity index is 543. The first kappa shape index (κ1) is 17.0. The van der Waals surface area contributed by atoms with Gasteiger partial charge >= 0.3 is 0 Å². The molecule has 118 valence electrons. The van der Waals surface area contributed by atoms with Gasteiger partial charge in [-0.2, -0.15) is 23.5 Å². The number of hydrogen-bond acceptors (Lipinski definition) is 5. The van der Waals surface area contributed by atoms with Crippen LogP contribution in [0.1, 0.15) is 13.3 Å². The number of nitrogens with one attached hydrogen (secondary N) is 2. The number of para-hydroxylation sites is 1. The van der Waals surface area contributed by atoms with E-state index >= 15 is 0 Å². The summed E-state index contributed by atoms with van der Waals surface area (Å²) in [6.07, 6.45) is 0.783. The summed E-state index contributed by atoms with van der Waals surface area (Å²) in [5, 5.41) is 3.86. The van der Waals surface area contributed by atoms with E-state index < -0.39 is 10.0 Å². The number of benzene rings is 1. The van der Waals surface area contributed by atoms with E-state index in [1.54, 1.807) is 12.1 Å². The highest BCUT2D eigenvalue weighted by Gasteiger charge is 2.19. The SMILES string of the molecule is CCCNS(=O)(=O)c1ccccc1NCC1CSCCS1. The minimum atomic E-state index is -3.43. The molecule has 4 nitrogen and oxygen atoms in total. The number of rotatable bonds is 7. The summed E-state index contributed by atoms with van der Waals surface area (Å²) in [4.78, 5) is 0.340. The molecule has 21 heavy (non-hydrogen) atoms. The van der Waals surface area contributed by atoms with Crippen LogP contribution in [0.4, 0.5) is 5.69 Å². The van der Waals surface area contributed by atoms with E-state index in [0.717, 1.165) is 18.7 Å². The Kier molecular flexibility index (Phi) is 6.73. The lowest BCUT2D eigenvalue weighted by Gasteiger charge is -2.22. The third-order valence-electron chi connectivity index (χ3n) is 3.12. The van der Waals surface area contributed by atoms with Gasteiger partial charge in [-0.3, -0.25) is 0 Å². The standard InChI is InChI=1S/C14H22N2O2S3/c1-2-7-16-21(17,18)14-6-4-3-5-13(14)15-10-12-11-19-8-9-20-12/h3-6,12,15-16H,2,7-11H2,1H3. The van der Waals surface area contributed by atoms with Crippen LogP contribution in [0.25, 0.3) is 0 Å². The average Bonchev–Trinajstić information content (AvgIpc) is 2.52. The van der Waals surface area contributed by atoms with Gasteiger partial charge in [-0.15, -0.1) is 0 Å². The summed E-state index contributed by atoms with van der Waals surface area (Å²) >= 11 is 3.93. The van der Waals surface area contributed by atoms with Gasteiger partial charge < -0.3 is 5.32 Å². The van der Waals surface area contributed by atoms with Crippen molar-refractivity contribution in [3.05, 3.63) is 24.3 Å². The van der Waals surface area contributed by atoms with Crippen molar-refractivity contribution < 1.29 is 8.42 Å². The van der Waals surface area contributed by atoms with Gasteiger partial charge in [0.05, 0.1) is 5.69 Å². The van der Waals surface area contributed by atoms with Gasteiger partial charge in [0.25, 0.3) is 0 Å². The summed E-state index contributed by atoms with van der Waals surface area (Å²) in [5.74, 6) is 3.52. The highest BCUT2D eigenvalue weighted by Crippen LogP contribution is 2.26. The second kappa shape index (κ2) is 8.31. The maximum absolute atomic E-state index is 12.3. The fraction of sp³-hybridized carbons (Fsp3) is 0.571. The van der Waals surface area contributed by atoms with Crippen LogP contribution >= 0.6 is 23.5 Å². The molecule has 1 heterocycles. The third-order valence-corrected chi connectivity index (χ3v) is 7.49. The molecule has 1 fully saturated rings. The topological polar surface area (TPSA) is 58.2 Å². The number of sulfonamides is 1. The zero-order valence-corrected chi connectivity index (χ0v) is 14.6. The Hall–Kier alpha value is -0.370. The van der Waals surface area contributed by atoms with Crippen LogP contribution in [-0.4, -0.2) is 44.0 Å². The minimum absolute atomic E-state index is 0.340. The molecule has 2 N–H and O–H groups in total. The van der Waals surface area contributed by atoms with Gasteiger partial charge in [0.2, 0.25) is 10.0 Å². The van der Waals surface area contributed by atoms with Gasteiger partial charge in [0.1, 0.15) is 4.90 Å². The molecule has 0 radical (unpaired) electrons. The zero-order valence-electron chi connectivity index (χ0n) is 12.2. The van der Waals surface area contributed by atoms with E-state index in [4.69, 9.17) is 0 Å². The van der Waals surface area contributed by atoms with E-state index in [1.165, 1.54) is 11.5 Å². The summed E-state index contributed by atoms with van der Waals surface area (Å²) in [5.41, 5.74) is 0.692. The van der Waals surface area contributed by atoms with Crippen molar-refractivity contribution in [1.29, 1.82) is 0 Å². The quantitative estimate of drug-likeness (QED) is 0.795. The first-order valence-electron chi connectivity index (χ1n) is 7.15. The van der Waals surface area contributed by atoms with Crippen LogP contribution in [0.5, 0.6) is 0 Å². The molecule has 0 aromatic heterocycles. The second-order valence-corrected chi connectivity index (χ2v) is 9.14. The molecule has 1 aliphatic rings. The lowest BCUT2D eigenvalue weighted by Crippen LogP contribution is -2.27. The average molecular weight is 347 g/mol. The maximum atomic E-state index is 12.3. The van der Waals surface area contributed by atoms with Crippen molar-refractivity contribution in [3.8, 4) is 0 Å². The predicted molar refractivity (Wildman–Crippen MR) is 94.0 cm³/mol. The van der Waals surface area contributed by atoms with Crippen molar-refractivity contribution in [2.24, 2.45) is 0 Å². The first-order valence-corrected chi connectivity index (χ1v) is 10.8. The third kappa shape index (κ3) is 5.09. The number of anilines is 1. The van der Waals surface area contributed by atoms with Crippen LogP contribution in [0.15, 0.2) is 29.2 Å². The van der Waals surface area contributed by atoms with Gasteiger partial charge in [0.15, 0.2) is 0 Å². The Morgan fingerprint density at radius 2 is 2.10 bits per heavy atom. The van der Waals surface area contributed by atoms with Gasteiger partial charge in [-0.05, 0) is 18.6 Å². The molecule has 1 saturated heterocycles. The lowest BCUT2D eigenvalue weighted by atomic mass is 10.3. The Morgan fingerprint density at radius 1 is 1.29 bits per heavy atom. The molecule has 1 aromatic carbocycles. The van der Waals surface area contributed by atoms with E-state index in [-0.39, 0.29) is 0 Å². The number of hydrogen-bond donors (Lipinski definition) is 2. The molecule has 0 aliphatic carbocycles.